The van der Waals surface area contributed by atoms with Crippen LogP contribution in [0.25, 0.3) is 0 Å². The van der Waals surface area contributed by atoms with E-state index in [9.17, 15) is 9.90 Å². The lowest BCUT2D eigenvalue weighted by Gasteiger charge is -2.37. The van der Waals surface area contributed by atoms with Gasteiger partial charge in [0.05, 0.1) is 5.60 Å². The van der Waals surface area contributed by atoms with Crippen molar-refractivity contribution < 1.29 is 9.90 Å². The van der Waals surface area contributed by atoms with Crippen LogP contribution in [0, 0.1) is 11.3 Å². The van der Waals surface area contributed by atoms with Crippen LogP contribution in [-0.2, 0) is 10.4 Å². The average Bonchev–Trinajstić information content (AvgIpc) is 3.20. The van der Waals surface area contributed by atoms with E-state index in [0.29, 0.717) is 23.7 Å². The Kier molecular flexibility index (Phi) is 4.97. The molecule has 3 fully saturated rings. The summed E-state index contributed by atoms with van der Waals surface area (Å²) in [6.07, 6.45) is 8.34. The first kappa shape index (κ1) is 19.1. The van der Waals surface area contributed by atoms with Gasteiger partial charge in [0.25, 0.3) is 0 Å². The molecule has 2 aliphatic carbocycles. The number of fused-ring (bicyclic) bond motifs is 1. The number of nitrogens with zero attached hydrogens (tertiary/aromatic N) is 1. The van der Waals surface area contributed by atoms with E-state index < -0.39 is 5.60 Å². The molecule has 4 rings (SSSR count). The van der Waals surface area contributed by atoms with Gasteiger partial charge in [-0.05, 0) is 95.3 Å². The zero-order chi connectivity index (χ0) is 19.2. The van der Waals surface area contributed by atoms with E-state index in [1.165, 1.54) is 37.7 Å². The van der Waals surface area contributed by atoms with Gasteiger partial charge in [0.2, 0.25) is 0 Å². The Hall–Kier alpha value is -1.19. The summed E-state index contributed by atoms with van der Waals surface area (Å²) in [6.45, 7) is 7.83. The number of hydrogen-bond acceptors (Lipinski definition) is 3. The van der Waals surface area contributed by atoms with E-state index in [2.05, 4.69) is 23.1 Å². The normalized spacial score (nSPS) is 32.6. The maximum atomic E-state index is 12.4. The van der Waals surface area contributed by atoms with Gasteiger partial charge in [0, 0.05) is 11.5 Å². The lowest BCUT2D eigenvalue weighted by atomic mass is 9.77. The first-order valence-corrected chi connectivity index (χ1v) is 10.9. The summed E-state index contributed by atoms with van der Waals surface area (Å²) in [4.78, 5) is 15.1. The summed E-state index contributed by atoms with van der Waals surface area (Å²) in [5, 5.41) is 10.3. The van der Waals surface area contributed by atoms with Gasteiger partial charge in [-0.15, -0.1) is 0 Å². The van der Waals surface area contributed by atoms with Crippen LogP contribution in [0.4, 0.5) is 0 Å². The van der Waals surface area contributed by atoms with Crippen LogP contribution >= 0.6 is 0 Å². The van der Waals surface area contributed by atoms with Crippen LogP contribution in [-0.4, -0.2) is 34.9 Å². The minimum absolute atomic E-state index is 0.0164. The largest absolute Gasteiger partial charge is 0.386 e. The molecular weight excluding hydrogens is 334 g/mol. The molecule has 1 saturated heterocycles. The monoisotopic (exact) mass is 369 g/mol. The minimum atomic E-state index is -0.778. The van der Waals surface area contributed by atoms with Crippen LogP contribution in [0.1, 0.15) is 82.8 Å². The van der Waals surface area contributed by atoms with Crippen molar-refractivity contribution in [3.63, 3.8) is 0 Å². The van der Waals surface area contributed by atoms with Crippen LogP contribution < -0.4 is 0 Å². The fourth-order valence-corrected chi connectivity index (χ4v) is 6.25. The molecule has 0 aromatic heterocycles. The molecule has 0 spiro atoms. The fraction of sp³-hybridized carbons (Fsp3) is 0.708. The van der Waals surface area contributed by atoms with Gasteiger partial charge >= 0.3 is 0 Å². The van der Waals surface area contributed by atoms with E-state index in [1.54, 1.807) is 0 Å². The second-order valence-electron chi connectivity index (χ2n) is 9.89. The first-order valence-electron chi connectivity index (χ1n) is 10.9. The highest BCUT2D eigenvalue weighted by Gasteiger charge is 2.54. The number of hydrogen-bond donors (Lipinski definition) is 1. The zero-order valence-electron chi connectivity index (χ0n) is 17.2. The highest BCUT2D eigenvalue weighted by molar-refractivity contribution is 5.83. The molecule has 0 radical (unpaired) electrons. The molecular formula is C24H35NO2. The van der Waals surface area contributed by atoms with Crippen LogP contribution in [0.2, 0.25) is 0 Å². The van der Waals surface area contributed by atoms with Gasteiger partial charge in [-0.1, -0.05) is 30.7 Å². The zero-order valence-corrected chi connectivity index (χ0v) is 17.2. The molecule has 1 heterocycles. The van der Waals surface area contributed by atoms with Crippen molar-refractivity contribution in [1.29, 1.82) is 0 Å². The highest BCUT2D eigenvalue weighted by Crippen LogP contribution is 2.56. The quantitative estimate of drug-likeness (QED) is 0.841. The molecule has 0 bridgehead atoms. The maximum absolute atomic E-state index is 12.4. The minimum Gasteiger partial charge on any atom is -0.386 e. The van der Waals surface area contributed by atoms with E-state index >= 15 is 0 Å². The smallest absolute Gasteiger partial charge is 0.136 e. The number of piperidine rings is 1. The summed E-state index contributed by atoms with van der Waals surface area (Å²) in [6, 6.07) is 9.15. The van der Waals surface area contributed by atoms with Crippen LogP contribution in [0.3, 0.4) is 0 Å². The standard InChI is InChI=1S/C24H35NO2/c1-17(26)24-11-5-8-21(24)15-22(16-24)25-12-9-18(10-13-25)19-6-4-7-20(14-19)23(2,3)27/h4,6-7,14,18,21-22,27H,5,8-13,15-16H2,1-3H3/t21?,22-,24?/m0/s1. The molecule has 27 heavy (non-hydrogen) atoms. The Balaban J connectivity index is 1.40. The van der Waals surface area contributed by atoms with Crippen LogP contribution in [0.5, 0.6) is 0 Å². The third-order valence-electron chi connectivity index (χ3n) is 7.93. The molecule has 2 unspecified atom stereocenters. The molecule has 3 aliphatic rings. The number of Topliss-reactive ketones (excluding diaryl/α,β-unsaturated/α-hetero) is 1. The lowest BCUT2D eigenvalue weighted by molar-refractivity contribution is -0.127. The van der Waals surface area contributed by atoms with Gasteiger partial charge in [-0.3, -0.25) is 4.79 Å². The summed E-state index contributed by atoms with van der Waals surface area (Å²) in [5.41, 5.74) is 1.62. The van der Waals surface area contributed by atoms with Crippen molar-refractivity contribution in [1.82, 2.24) is 4.90 Å². The molecule has 0 amide bonds. The van der Waals surface area contributed by atoms with Crippen molar-refractivity contribution in [3.8, 4) is 0 Å². The Bertz CT molecular complexity index is 699. The topological polar surface area (TPSA) is 40.5 Å². The predicted octanol–water partition coefficient (Wildman–Crippen LogP) is 4.63. The number of carbonyl (C=O) groups is 1. The van der Waals surface area contributed by atoms with Crippen molar-refractivity contribution in [2.45, 2.75) is 83.3 Å². The molecule has 3 nitrogen and oxygen atoms in total. The van der Waals surface area contributed by atoms with Gasteiger partial charge in [0.1, 0.15) is 5.78 Å². The van der Waals surface area contributed by atoms with Gasteiger partial charge < -0.3 is 10.0 Å². The van der Waals surface area contributed by atoms with E-state index in [0.717, 1.165) is 31.5 Å². The van der Waals surface area contributed by atoms with Gasteiger partial charge in [0.15, 0.2) is 0 Å². The lowest BCUT2D eigenvalue weighted by Crippen LogP contribution is -2.41. The van der Waals surface area contributed by atoms with E-state index in [1.807, 2.05) is 26.8 Å². The van der Waals surface area contributed by atoms with Gasteiger partial charge in [-0.2, -0.15) is 0 Å². The van der Waals surface area contributed by atoms with E-state index in [4.69, 9.17) is 0 Å². The SMILES string of the molecule is CC(=O)C12CCCC1C[C@H](N1CCC(c3cccc(C(C)(C)O)c3)CC1)C2. The number of rotatable bonds is 4. The Morgan fingerprint density at radius 3 is 2.59 bits per heavy atom. The Morgan fingerprint density at radius 2 is 1.96 bits per heavy atom. The maximum Gasteiger partial charge on any atom is 0.136 e. The van der Waals surface area contributed by atoms with Crippen molar-refractivity contribution in [2.24, 2.45) is 11.3 Å². The third-order valence-corrected chi connectivity index (χ3v) is 7.93. The second-order valence-corrected chi connectivity index (χ2v) is 9.89. The number of benzene rings is 1. The summed E-state index contributed by atoms with van der Waals surface area (Å²) in [5.74, 6) is 1.68. The second kappa shape index (κ2) is 7.00. The molecule has 1 aliphatic heterocycles. The highest BCUT2D eigenvalue weighted by atomic mass is 16.3. The molecule has 1 aromatic rings. The van der Waals surface area contributed by atoms with Gasteiger partial charge in [-0.25, -0.2) is 0 Å². The predicted molar refractivity (Wildman–Crippen MR) is 109 cm³/mol. The fourth-order valence-electron chi connectivity index (χ4n) is 6.25. The van der Waals surface area contributed by atoms with Crippen molar-refractivity contribution in [3.05, 3.63) is 35.4 Å². The average molecular weight is 370 g/mol. The third kappa shape index (κ3) is 3.49. The summed E-state index contributed by atoms with van der Waals surface area (Å²) < 4.78 is 0. The number of aliphatic hydroxyl groups is 1. The number of carbonyl (C=O) groups excluding carboxylic acids is 1. The molecule has 148 valence electrons. The molecule has 3 heteroatoms. The number of ketones is 1. The van der Waals surface area contributed by atoms with E-state index in [-0.39, 0.29) is 5.41 Å². The number of likely N-dealkylation sites (tertiary alicyclic amines) is 1. The summed E-state index contributed by atoms with van der Waals surface area (Å²) in [7, 11) is 0. The summed E-state index contributed by atoms with van der Waals surface area (Å²) >= 11 is 0. The molecule has 2 saturated carbocycles. The molecule has 3 atom stereocenters. The molecule has 1 aromatic carbocycles. The molecule has 1 N–H and O–H groups in total. The van der Waals surface area contributed by atoms with Crippen molar-refractivity contribution in [2.75, 3.05) is 13.1 Å². The Labute approximate surface area is 164 Å². The van der Waals surface area contributed by atoms with Crippen LogP contribution in [0.15, 0.2) is 24.3 Å². The van der Waals surface area contributed by atoms with Crippen molar-refractivity contribution >= 4 is 5.78 Å². The Morgan fingerprint density at radius 1 is 1.22 bits per heavy atom. The first-order chi connectivity index (χ1) is 12.8.